The Morgan fingerprint density at radius 1 is 1.26 bits per heavy atom. The van der Waals surface area contributed by atoms with Gasteiger partial charge in [-0.05, 0) is 45.1 Å². The fourth-order valence-electron chi connectivity index (χ4n) is 1.99. The summed E-state index contributed by atoms with van der Waals surface area (Å²) in [7, 11) is 3.27. The molecule has 1 atom stereocenters. The topological polar surface area (TPSA) is 56.5 Å². The minimum atomic E-state index is -0.186. The highest BCUT2D eigenvalue weighted by molar-refractivity contribution is 9.11. The van der Waals surface area contributed by atoms with Crippen LogP contribution in [-0.4, -0.2) is 14.2 Å². The molecule has 0 saturated heterocycles. The maximum Gasteiger partial charge on any atom is 0.127 e. The lowest BCUT2D eigenvalue weighted by Gasteiger charge is -2.20. The van der Waals surface area contributed by atoms with Gasteiger partial charge in [-0.25, -0.2) is 5.43 Å². The van der Waals surface area contributed by atoms with E-state index in [1.807, 2.05) is 29.6 Å². The molecule has 6 heteroatoms. The van der Waals surface area contributed by atoms with Crippen LogP contribution in [0.3, 0.4) is 0 Å². The van der Waals surface area contributed by atoms with Crippen LogP contribution in [0.1, 0.15) is 17.2 Å². The SMILES string of the molecule is COc1cccc(OC)c1C(NN)c1csc(Br)c1. The van der Waals surface area contributed by atoms with Gasteiger partial charge in [-0.1, -0.05) is 6.07 Å². The number of hydrogen-bond donors (Lipinski definition) is 2. The Kier molecular flexibility index (Phi) is 4.81. The first-order chi connectivity index (χ1) is 9.21. The lowest BCUT2D eigenvalue weighted by molar-refractivity contribution is 0.377. The van der Waals surface area contributed by atoms with Gasteiger partial charge in [0.15, 0.2) is 0 Å². The maximum absolute atomic E-state index is 5.72. The highest BCUT2D eigenvalue weighted by atomic mass is 79.9. The summed E-state index contributed by atoms with van der Waals surface area (Å²) in [5.74, 6) is 7.20. The standard InChI is InChI=1S/C13H15BrN2O2S/c1-17-9-4-3-5-10(18-2)12(9)13(16-15)8-6-11(14)19-7-8/h3-7,13,16H,15H2,1-2H3. The fraction of sp³-hybridized carbons (Fsp3) is 0.231. The lowest BCUT2D eigenvalue weighted by Crippen LogP contribution is -2.29. The van der Waals surface area contributed by atoms with Crippen LogP contribution in [0.25, 0.3) is 0 Å². The van der Waals surface area contributed by atoms with Crippen LogP contribution >= 0.6 is 27.3 Å². The molecule has 2 aromatic rings. The van der Waals surface area contributed by atoms with Gasteiger partial charge in [-0.2, -0.15) is 0 Å². The molecular formula is C13H15BrN2O2S. The molecule has 1 aromatic carbocycles. The second-order valence-electron chi connectivity index (χ2n) is 3.86. The molecule has 2 rings (SSSR count). The van der Waals surface area contributed by atoms with Gasteiger partial charge in [0.25, 0.3) is 0 Å². The highest BCUT2D eigenvalue weighted by Gasteiger charge is 2.22. The van der Waals surface area contributed by atoms with E-state index in [0.717, 1.165) is 26.4 Å². The molecule has 0 fully saturated rings. The predicted molar refractivity (Wildman–Crippen MR) is 80.7 cm³/mol. The van der Waals surface area contributed by atoms with E-state index in [4.69, 9.17) is 15.3 Å². The van der Waals surface area contributed by atoms with Gasteiger partial charge in [0.1, 0.15) is 11.5 Å². The first-order valence-corrected chi connectivity index (χ1v) is 7.29. The van der Waals surface area contributed by atoms with Gasteiger partial charge in [0, 0.05) is 0 Å². The van der Waals surface area contributed by atoms with Crippen molar-refractivity contribution in [3.63, 3.8) is 0 Å². The van der Waals surface area contributed by atoms with Crippen molar-refractivity contribution in [3.8, 4) is 11.5 Å². The van der Waals surface area contributed by atoms with E-state index in [0.29, 0.717) is 0 Å². The molecule has 1 unspecified atom stereocenters. The number of hydrogen-bond acceptors (Lipinski definition) is 5. The molecule has 0 saturated carbocycles. The van der Waals surface area contributed by atoms with Crippen LogP contribution in [0.5, 0.6) is 11.5 Å². The van der Waals surface area contributed by atoms with Crippen LogP contribution < -0.4 is 20.7 Å². The van der Waals surface area contributed by atoms with E-state index in [1.165, 1.54) is 0 Å². The van der Waals surface area contributed by atoms with Gasteiger partial charge in [0.05, 0.1) is 29.6 Å². The number of hydrazine groups is 1. The van der Waals surface area contributed by atoms with Crippen molar-refractivity contribution in [1.82, 2.24) is 5.43 Å². The van der Waals surface area contributed by atoms with Crippen molar-refractivity contribution in [2.45, 2.75) is 6.04 Å². The Morgan fingerprint density at radius 3 is 2.32 bits per heavy atom. The van der Waals surface area contributed by atoms with Crippen molar-refractivity contribution in [3.05, 3.63) is 44.6 Å². The number of rotatable bonds is 5. The first-order valence-electron chi connectivity index (χ1n) is 5.62. The molecule has 19 heavy (non-hydrogen) atoms. The summed E-state index contributed by atoms with van der Waals surface area (Å²) in [4.78, 5) is 0. The van der Waals surface area contributed by atoms with Crippen LogP contribution in [0.2, 0.25) is 0 Å². The van der Waals surface area contributed by atoms with Gasteiger partial charge in [0.2, 0.25) is 0 Å². The zero-order chi connectivity index (χ0) is 13.8. The van der Waals surface area contributed by atoms with Crippen LogP contribution in [0.4, 0.5) is 0 Å². The molecule has 1 aromatic heterocycles. The summed E-state index contributed by atoms with van der Waals surface area (Å²) in [5.41, 5.74) is 4.77. The largest absolute Gasteiger partial charge is 0.496 e. The average molecular weight is 343 g/mol. The second kappa shape index (κ2) is 6.38. The minimum Gasteiger partial charge on any atom is -0.496 e. The molecule has 1 heterocycles. The van der Waals surface area contributed by atoms with E-state index in [-0.39, 0.29) is 6.04 Å². The third kappa shape index (κ3) is 2.92. The third-order valence-corrected chi connectivity index (χ3v) is 4.37. The minimum absolute atomic E-state index is 0.186. The summed E-state index contributed by atoms with van der Waals surface area (Å²) in [6.45, 7) is 0. The van der Waals surface area contributed by atoms with E-state index >= 15 is 0 Å². The molecule has 0 radical (unpaired) electrons. The molecule has 0 aliphatic carbocycles. The predicted octanol–water partition coefficient (Wildman–Crippen LogP) is 3.08. The molecular weight excluding hydrogens is 328 g/mol. The van der Waals surface area contributed by atoms with E-state index in [2.05, 4.69) is 21.4 Å². The summed E-state index contributed by atoms with van der Waals surface area (Å²) in [5, 5.41) is 2.04. The Hall–Kier alpha value is -1.08. The summed E-state index contributed by atoms with van der Waals surface area (Å²) >= 11 is 5.07. The molecule has 0 aliphatic rings. The molecule has 0 amide bonds. The Balaban J connectivity index is 2.53. The molecule has 4 nitrogen and oxygen atoms in total. The number of nitrogens with one attached hydrogen (secondary N) is 1. The first kappa shape index (κ1) is 14.3. The number of benzene rings is 1. The smallest absolute Gasteiger partial charge is 0.127 e. The van der Waals surface area contributed by atoms with Gasteiger partial charge < -0.3 is 9.47 Å². The van der Waals surface area contributed by atoms with Crippen molar-refractivity contribution in [1.29, 1.82) is 0 Å². The Morgan fingerprint density at radius 2 is 1.89 bits per heavy atom. The molecule has 0 aliphatic heterocycles. The summed E-state index contributed by atoms with van der Waals surface area (Å²) < 4.78 is 11.9. The Labute approximate surface area is 124 Å². The quantitative estimate of drug-likeness (QED) is 0.647. The van der Waals surface area contributed by atoms with E-state index in [9.17, 15) is 0 Å². The van der Waals surface area contributed by atoms with Crippen LogP contribution in [-0.2, 0) is 0 Å². The number of halogens is 1. The lowest BCUT2D eigenvalue weighted by atomic mass is 10.00. The third-order valence-electron chi connectivity index (χ3n) is 2.84. The van der Waals surface area contributed by atoms with Crippen LogP contribution in [0.15, 0.2) is 33.4 Å². The van der Waals surface area contributed by atoms with E-state index < -0.39 is 0 Å². The summed E-state index contributed by atoms with van der Waals surface area (Å²) in [6, 6.07) is 7.51. The number of methoxy groups -OCH3 is 2. The average Bonchev–Trinajstić information content (AvgIpc) is 2.86. The molecule has 0 bridgehead atoms. The second-order valence-corrected chi connectivity index (χ2v) is 6.15. The molecule has 3 N–H and O–H groups in total. The van der Waals surface area contributed by atoms with Gasteiger partial charge in [-0.3, -0.25) is 5.84 Å². The summed E-state index contributed by atoms with van der Waals surface area (Å²) in [6.07, 6.45) is 0. The van der Waals surface area contributed by atoms with Crippen molar-refractivity contribution >= 4 is 27.3 Å². The molecule has 102 valence electrons. The highest BCUT2D eigenvalue weighted by Crippen LogP contribution is 2.38. The normalized spacial score (nSPS) is 12.2. The number of ether oxygens (including phenoxy) is 2. The fourth-order valence-corrected chi connectivity index (χ4v) is 3.19. The maximum atomic E-state index is 5.72. The zero-order valence-corrected chi connectivity index (χ0v) is 13.0. The number of nitrogens with two attached hydrogens (primary N) is 1. The number of thiophene rings is 1. The van der Waals surface area contributed by atoms with Crippen molar-refractivity contribution in [2.75, 3.05) is 14.2 Å². The van der Waals surface area contributed by atoms with Crippen molar-refractivity contribution in [2.24, 2.45) is 5.84 Å². The zero-order valence-electron chi connectivity index (χ0n) is 10.6. The molecule has 0 spiro atoms. The monoisotopic (exact) mass is 342 g/mol. The Bertz CT molecular complexity index is 537. The van der Waals surface area contributed by atoms with Gasteiger partial charge in [-0.15, -0.1) is 11.3 Å². The van der Waals surface area contributed by atoms with E-state index in [1.54, 1.807) is 25.6 Å². The van der Waals surface area contributed by atoms with Crippen molar-refractivity contribution < 1.29 is 9.47 Å². The van der Waals surface area contributed by atoms with Crippen LogP contribution in [0, 0.1) is 0 Å². The van der Waals surface area contributed by atoms with Gasteiger partial charge >= 0.3 is 0 Å².